The first kappa shape index (κ1) is 23.8. The number of para-hydroxylation sites is 1. The maximum atomic E-state index is 13.3. The molecule has 6 heteroatoms. The fraction of sp³-hybridized carbons (Fsp3) is 0.286. The molecule has 1 aromatic heterocycles. The van der Waals surface area contributed by atoms with E-state index in [1.165, 1.54) is 0 Å². The van der Waals surface area contributed by atoms with Crippen LogP contribution in [0.15, 0.2) is 71.5 Å². The standard InChI is InChI=1S/C28H29ClN2O3/c1-20-19-22(29)13-16-26(20)34-18-8-4-3-7-17-31-27(21-11-14-23(33-2)15-12-21)30-25-10-6-5-9-24(25)28(31)32/h5-6,9-16,19H,3-4,7-8,17-18H2,1-2H3. The minimum absolute atomic E-state index is 0.00188. The molecular formula is C28H29ClN2O3. The third-order valence-electron chi connectivity index (χ3n) is 5.88. The summed E-state index contributed by atoms with van der Waals surface area (Å²) in [6.45, 7) is 3.28. The number of aryl methyl sites for hydroxylation is 1. The molecule has 176 valence electrons. The van der Waals surface area contributed by atoms with Gasteiger partial charge in [-0.3, -0.25) is 9.36 Å². The van der Waals surface area contributed by atoms with Crippen molar-refractivity contribution in [2.75, 3.05) is 13.7 Å². The van der Waals surface area contributed by atoms with Crippen molar-refractivity contribution in [3.05, 3.63) is 87.7 Å². The molecule has 0 atom stereocenters. The second-order valence-electron chi connectivity index (χ2n) is 8.31. The van der Waals surface area contributed by atoms with Crippen LogP contribution in [0.5, 0.6) is 11.5 Å². The van der Waals surface area contributed by atoms with E-state index in [4.69, 9.17) is 26.1 Å². The zero-order chi connectivity index (χ0) is 23.9. The largest absolute Gasteiger partial charge is 0.497 e. The first-order valence-electron chi connectivity index (χ1n) is 11.6. The molecular weight excluding hydrogens is 448 g/mol. The summed E-state index contributed by atoms with van der Waals surface area (Å²) in [7, 11) is 1.64. The van der Waals surface area contributed by atoms with Crippen molar-refractivity contribution in [1.29, 1.82) is 0 Å². The SMILES string of the molecule is COc1ccc(-c2nc3ccccc3c(=O)n2CCCCCCOc2ccc(Cl)cc2C)cc1. The van der Waals surface area contributed by atoms with Crippen LogP contribution in [0.4, 0.5) is 0 Å². The Labute approximate surface area is 204 Å². The van der Waals surface area contributed by atoms with Crippen molar-refractivity contribution in [1.82, 2.24) is 9.55 Å². The van der Waals surface area contributed by atoms with Crippen molar-refractivity contribution in [3.63, 3.8) is 0 Å². The fourth-order valence-corrected chi connectivity index (χ4v) is 4.25. The van der Waals surface area contributed by atoms with Crippen LogP contribution in [0.1, 0.15) is 31.2 Å². The van der Waals surface area contributed by atoms with Gasteiger partial charge in [-0.15, -0.1) is 0 Å². The fourth-order valence-electron chi connectivity index (χ4n) is 4.02. The molecule has 0 saturated heterocycles. The van der Waals surface area contributed by atoms with E-state index in [1.54, 1.807) is 11.7 Å². The predicted molar refractivity (Wildman–Crippen MR) is 138 cm³/mol. The van der Waals surface area contributed by atoms with Crippen LogP contribution in [-0.2, 0) is 6.54 Å². The van der Waals surface area contributed by atoms with E-state index in [9.17, 15) is 4.79 Å². The van der Waals surface area contributed by atoms with Gasteiger partial charge < -0.3 is 9.47 Å². The molecule has 0 amide bonds. The minimum atomic E-state index is -0.00188. The number of rotatable bonds is 10. The Morgan fingerprint density at radius 1 is 0.941 bits per heavy atom. The van der Waals surface area contributed by atoms with Gasteiger partial charge in [-0.2, -0.15) is 0 Å². The summed E-state index contributed by atoms with van der Waals surface area (Å²) in [5.41, 5.74) is 2.65. The van der Waals surface area contributed by atoms with Gasteiger partial charge in [-0.05, 0) is 79.9 Å². The Balaban J connectivity index is 1.40. The lowest BCUT2D eigenvalue weighted by atomic mass is 10.1. The zero-order valence-electron chi connectivity index (χ0n) is 19.6. The first-order valence-corrected chi connectivity index (χ1v) is 12.0. The highest BCUT2D eigenvalue weighted by molar-refractivity contribution is 6.30. The van der Waals surface area contributed by atoms with E-state index < -0.39 is 0 Å². The normalized spacial score (nSPS) is 11.0. The van der Waals surface area contributed by atoms with Crippen LogP contribution < -0.4 is 15.0 Å². The van der Waals surface area contributed by atoms with Gasteiger partial charge in [0.25, 0.3) is 5.56 Å². The van der Waals surface area contributed by atoms with Gasteiger partial charge >= 0.3 is 0 Å². The van der Waals surface area contributed by atoms with Gasteiger partial charge in [0, 0.05) is 17.1 Å². The number of aromatic nitrogens is 2. The average molecular weight is 477 g/mol. The van der Waals surface area contributed by atoms with Gasteiger partial charge in [0.15, 0.2) is 0 Å². The Hall–Kier alpha value is -3.31. The molecule has 0 saturated carbocycles. The van der Waals surface area contributed by atoms with Crippen molar-refractivity contribution >= 4 is 22.5 Å². The highest BCUT2D eigenvalue weighted by Gasteiger charge is 2.13. The number of fused-ring (bicyclic) bond motifs is 1. The van der Waals surface area contributed by atoms with Gasteiger partial charge in [0.2, 0.25) is 0 Å². The van der Waals surface area contributed by atoms with Crippen LogP contribution in [0.2, 0.25) is 5.02 Å². The molecule has 0 bridgehead atoms. The molecule has 0 spiro atoms. The van der Waals surface area contributed by atoms with E-state index in [2.05, 4.69) is 0 Å². The molecule has 0 aliphatic carbocycles. The van der Waals surface area contributed by atoms with Crippen LogP contribution in [0, 0.1) is 6.92 Å². The number of hydrogen-bond acceptors (Lipinski definition) is 4. The first-order chi connectivity index (χ1) is 16.6. The summed E-state index contributed by atoms with van der Waals surface area (Å²) in [5, 5.41) is 1.36. The maximum Gasteiger partial charge on any atom is 0.261 e. The van der Waals surface area contributed by atoms with Crippen molar-refractivity contribution in [3.8, 4) is 22.9 Å². The molecule has 0 aliphatic heterocycles. The van der Waals surface area contributed by atoms with E-state index in [0.717, 1.165) is 53.3 Å². The summed E-state index contributed by atoms with van der Waals surface area (Å²) in [5.74, 6) is 2.34. The molecule has 0 fully saturated rings. The highest BCUT2D eigenvalue weighted by Crippen LogP contribution is 2.23. The summed E-state index contributed by atoms with van der Waals surface area (Å²) < 4.78 is 13.0. The molecule has 4 aromatic rings. The van der Waals surface area contributed by atoms with E-state index in [-0.39, 0.29) is 5.56 Å². The molecule has 1 heterocycles. The quantitative estimate of drug-likeness (QED) is 0.240. The van der Waals surface area contributed by atoms with Gasteiger partial charge in [-0.1, -0.05) is 36.6 Å². The lowest BCUT2D eigenvalue weighted by Crippen LogP contribution is -2.23. The molecule has 4 rings (SSSR count). The predicted octanol–water partition coefficient (Wildman–Crippen LogP) is 6.67. The second kappa shape index (κ2) is 11.2. The number of benzene rings is 3. The Morgan fingerprint density at radius 2 is 1.71 bits per heavy atom. The van der Waals surface area contributed by atoms with Crippen LogP contribution in [0.25, 0.3) is 22.3 Å². The van der Waals surface area contributed by atoms with Gasteiger partial charge in [0.1, 0.15) is 17.3 Å². The topological polar surface area (TPSA) is 53.3 Å². The van der Waals surface area contributed by atoms with Crippen LogP contribution in [-0.4, -0.2) is 23.3 Å². The van der Waals surface area contributed by atoms with Gasteiger partial charge in [-0.25, -0.2) is 4.98 Å². The Kier molecular flexibility index (Phi) is 7.86. The Bertz CT molecular complexity index is 1320. The van der Waals surface area contributed by atoms with Crippen LogP contribution >= 0.6 is 11.6 Å². The van der Waals surface area contributed by atoms with Crippen LogP contribution in [0.3, 0.4) is 0 Å². The second-order valence-corrected chi connectivity index (χ2v) is 8.75. The number of halogens is 1. The molecule has 0 N–H and O–H groups in total. The number of hydrogen-bond donors (Lipinski definition) is 0. The minimum Gasteiger partial charge on any atom is -0.497 e. The number of unbranched alkanes of at least 4 members (excludes halogenated alkanes) is 3. The summed E-state index contributed by atoms with van der Waals surface area (Å²) in [4.78, 5) is 18.1. The average Bonchev–Trinajstić information content (AvgIpc) is 2.85. The molecule has 0 radical (unpaired) electrons. The maximum absolute atomic E-state index is 13.3. The van der Waals surface area contributed by atoms with Crippen molar-refractivity contribution in [2.45, 2.75) is 39.2 Å². The number of methoxy groups -OCH3 is 1. The summed E-state index contributed by atoms with van der Waals surface area (Å²) >= 11 is 6.00. The van der Waals surface area contributed by atoms with Crippen molar-refractivity contribution in [2.24, 2.45) is 0 Å². The molecule has 3 aromatic carbocycles. The number of ether oxygens (including phenoxy) is 2. The van der Waals surface area contributed by atoms with E-state index in [1.807, 2.05) is 73.7 Å². The monoisotopic (exact) mass is 476 g/mol. The van der Waals surface area contributed by atoms with Crippen molar-refractivity contribution < 1.29 is 9.47 Å². The smallest absolute Gasteiger partial charge is 0.261 e. The van der Waals surface area contributed by atoms with E-state index in [0.29, 0.717) is 29.9 Å². The van der Waals surface area contributed by atoms with Gasteiger partial charge in [0.05, 0.1) is 24.6 Å². The third kappa shape index (κ3) is 5.60. The summed E-state index contributed by atoms with van der Waals surface area (Å²) in [6.07, 6.45) is 3.88. The molecule has 5 nitrogen and oxygen atoms in total. The Morgan fingerprint density at radius 3 is 2.47 bits per heavy atom. The molecule has 0 unspecified atom stereocenters. The summed E-state index contributed by atoms with van der Waals surface area (Å²) in [6, 6.07) is 20.9. The lowest BCUT2D eigenvalue weighted by Gasteiger charge is -2.14. The van der Waals surface area contributed by atoms with E-state index >= 15 is 0 Å². The molecule has 0 aliphatic rings. The number of nitrogens with zero attached hydrogens (tertiary/aromatic N) is 2. The lowest BCUT2D eigenvalue weighted by molar-refractivity contribution is 0.302. The highest BCUT2D eigenvalue weighted by atomic mass is 35.5. The zero-order valence-corrected chi connectivity index (χ0v) is 20.3. The third-order valence-corrected chi connectivity index (χ3v) is 6.12. The molecule has 34 heavy (non-hydrogen) atoms.